The molecule has 0 aromatic heterocycles. The van der Waals surface area contributed by atoms with Gasteiger partial charge in [0.05, 0.1) is 5.75 Å². The molecule has 1 aromatic carbocycles. The lowest BCUT2D eigenvalue weighted by Gasteiger charge is -2.19. The molecule has 0 heterocycles. The minimum atomic E-state index is -2.97. The fourth-order valence-corrected chi connectivity index (χ4v) is 3.77. The molecule has 0 aliphatic carbocycles. The van der Waals surface area contributed by atoms with Crippen molar-refractivity contribution in [3.63, 3.8) is 0 Å². The Morgan fingerprint density at radius 2 is 1.74 bits per heavy atom. The first-order valence-corrected chi connectivity index (χ1v) is 8.87. The van der Waals surface area contributed by atoms with Crippen molar-refractivity contribution in [2.75, 3.05) is 18.6 Å². The molecule has 0 spiro atoms. The normalized spacial score (nSPS) is 15.2. The second kappa shape index (κ2) is 6.93. The van der Waals surface area contributed by atoms with Crippen molar-refractivity contribution in [1.82, 2.24) is 5.32 Å². The van der Waals surface area contributed by atoms with Gasteiger partial charge in [-0.2, -0.15) is 0 Å². The summed E-state index contributed by atoms with van der Waals surface area (Å²) in [7, 11) is -2.97. The van der Waals surface area contributed by atoms with Crippen LogP contribution < -0.4 is 5.32 Å². The monoisotopic (exact) mass is 323 g/mol. The molecule has 0 saturated heterocycles. The Labute approximate surface area is 125 Å². The van der Waals surface area contributed by atoms with Gasteiger partial charge in [0.15, 0.2) is 0 Å². The van der Waals surface area contributed by atoms with Gasteiger partial charge in [-0.25, -0.2) is 8.42 Å². The van der Waals surface area contributed by atoms with Crippen molar-refractivity contribution in [1.29, 1.82) is 0 Å². The highest BCUT2D eigenvalue weighted by atomic mass is 35.5. The third kappa shape index (κ3) is 5.69. The molecule has 19 heavy (non-hydrogen) atoms. The first kappa shape index (κ1) is 16.8. The molecule has 1 N–H and O–H groups in total. The van der Waals surface area contributed by atoms with Crippen LogP contribution in [0, 0.1) is 0 Å². The van der Waals surface area contributed by atoms with Crippen molar-refractivity contribution < 1.29 is 8.42 Å². The van der Waals surface area contributed by atoms with E-state index in [1.54, 1.807) is 18.2 Å². The molecule has 0 radical (unpaired) electrons. The number of rotatable bonds is 6. The highest BCUT2D eigenvalue weighted by molar-refractivity contribution is 7.90. The van der Waals surface area contributed by atoms with Crippen LogP contribution in [0.2, 0.25) is 10.0 Å². The Bertz CT molecular complexity index is 511. The van der Waals surface area contributed by atoms with Crippen LogP contribution in [0.3, 0.4) is 0 Å². The van der Waals surface area contributed by atoms with Crippen molar-refractivity contribution in [3.8, 4) is 0 Å². The predicted octanol–water partition coefficient (Wildman–Crippen LogP) is 3.12. The molecular weight excluding hydrogens is 305 g/mol. The molecule has 108 valence electrons. The zero-order valence-electron chi connectivity index (χ0n) is 11.3. The van der Waals surface area contributed by atoms with Crippen molar-refractivity contribution in [2.24, 2.45) is 0 Å². The van der Waals surface area contributed by atoms with Gasteiger partial charge in [0.25, 0.3) is 0 Å². The van der Waals surface area contributed by atoms with Crippen LogP contribution in [-0.2, 0) is 9.84 Å². The number of halogens is 2. The summed E-state index contributed by atoms with van der Waals surface area (Å²) >= 11 is 12.3. The second-order valence-electron chi connectivity index (χ2n) is 4.94. The molecule has 0 fully saturated rings. The van der Waals surface area contributed by atoms with E-state index in [4.69, 9.17) is 23.2 Å². The summed E-state index contributed by atoms with van der Waals surface area (Å²) in [5, 5.41) is 4.47. The van der Waals surface area contributed by atoms with E-state index in [2.05, 4.69) is 5.32 Å². The molecule has 0 bridgehead atoms. The van der Waals surface area contributed by atoms with E-state index in [1.807, 2.05) is 13.8 Å². The van der Waals surface area contributed by atoms with Gasteiger partial charge in [-0.15, -0.1) is 0 Å². The number of nitrogens with one attached hydrogen (secondary N) is 1. The summed E-state index contributed by atoms with van der Waals surface area (Å²) < 4.78 is 22.4. The number of benzene rings is 1. The van der Waals surface area contributed by atoms with Crippen LogP contribution in [-0.4, -0.2) is 33.0 Å². The summed E-state index contributed by atoms with van der Waals surface area (Å²) in [5.74, 6) is 0.235. The van der Waals surface area contributed by atoms with E-state index in [0.29, 0.717) is 16.6 Å². The molecule has 0 saturated carbocycles. The van der Waals surface area contributed by atoms with Crippen LogP contribution in [0.1, 0.15) is 25.3 Å². The Morgan fingerprint density at radius 1 is 1.21 bits per heavy atom. The minimum absolute atomic E-state index is 0.0984. The lowest BCUT2D eigenvalue weighted by atomic mass is 10.0. The molecule has 3 nitrogen and oxygen atoms in total. The third-order valence-electron chi connectivity index (χ3n) is 2.82. The summed E-state index contributed by atoms with van der Waals surface area (Å²) in [4.78, 5) is 0. The van der Waals surface area contributed by atoms with Gasteiger partial charge >= 0.3 is 0 Å². The van der Waals surface area contributed by atoms with Crippen molar-refractivity contribution in [2.45, 2.75) is 25.8 Å². The Hall–Kier alpha value is -0.290. The summed E-state index contributed by atoms with van der Waals surface area (Å²) in [6.45, 7) is 4.48. The highest BCUT2D eigenvalue weighted by Gasteiger charge is 2.16. The van der Waals surface area contributed by atoms with E-state index in [-0.39, 0.29) is 17.7 Å². The molecule has 0 aliphatic heterocycles. The fourth-order valence-electron chi connectivity index (χ4n) is 1.97. The number of hydrogen-bond acceptors (Lipinski definition) is 3. The van der Waals surface area contributed by atoms with Crippen LogP contribution in [0.25, 0.3) is 0 Å². The fraction of sp³-hybridized carbons (Fsp3) is 0.538. The minimum Gasteiger partial charge on any atom is -0.313 e. The lowest BCUT2D eigenvalue weighted by molar-refractivity contribution is 0.536. The molecule has 0 aliphatic rings. The van der Waals surface area contributed by atoms with E-state index in [9.17, 15) is 8.42 Å². The van der Waals surface area contributed by atoms with Gasteiger partial charge in [0.2, 0.25) is 0 Å². The molecule has 0 amide bonds. The molecule has 0 unspecified atom stereocenters. The Kier molecular flexibility index (Phi) is 6.12. The second-order valence-corrected chi connectivity index (χ2v) is 7.94. The third-order valence-corrected chi connectivity index (χ3v) is 4.58. The Balaban J connectivity index is 2.63. The molecule has 1 aromatic rings. The maximum absolute atomic E-state index is 11.2. The largest absolute Gasteiger partial charge is 0.313 e. The van der Waals surface area contributed by atoms with Gasteiger partial charge in [-0.3, -0.25) is 0 Å². The molecule has 2 atom stereocenters. The first-order valence-electron chi connectivity index (χ1n) is 6.05. The topological polar surface area (TPSA) is 46.2 Å². The maximum atomic E-state index is 11.2. The zero-order chi connectivity index (χ0) is 14.6. The van der Waals surface area contributed by atoms with E-state index < -0.39 is 9.84 Å². The summed E-state index contributed by atoms with van der Waals surface area (Å²) in [5.41, 5.74) is 0.893. The van der Waals surface area contributed by atoms with E-state index >= 15 is 0 Å². The standard InChI is InChI=1S/C13H19Cl2NO2S/c1-9(7-16-10(2)8-19(3,17)18)13-11(14)5-4-6-12(13)15/h4-6,9-10,16H,7-8H2,1-3H3/t9-,10-/m0/s1. The number of sulfone groups is 1. The van der Waals surface area contributed by atoms with Gasteiger partial charge in [-0.1, -0.05) is 36.2 Å². The molecule has 1 rings (SSSR count). The quantitative estimate of drug-likeness (QED) is 0.874. The van der Waals surface area contributed by atoms with Gasteiger partial charge < -0.3 is 5.32 Å². The zero-order valence-corrected chi connectivity index (χ0v) is 13.6. The predicted molar refractivity (Wildman–Crippen MR) is 82.1 cm³/mol. The number of hydrogen-bond donors (Lipinski definition) is 1. The first-order chi connectivity index (χ1) is 8.70. The van der Waals surface area contributed by atoms with Gasteiger partial charge in [0.1, 0.15) is 9.84 Å². The van der Waals surface area contributed by atoms with Gasteiger partial charge in [-0.05, 0) is 30.5 Å². The molecular formula is C13H19Cl2NO2S. The lowest BCUT2D eigenvalue weighted by Crippen LogP contribution is -2.35. The van der Waals surface area contributed by atoms with Crippen LogP contribution in [0.5, 0.6) is 0 Å². The highest BCUT2D eigenvalue weighted by Crippen LogP contribution is 2.30. The van der Waals surface area contributed by atoms with Crippen molar-refractivity contribution >= 4 is 33.0 Å². The van der Waals surface area contributed by atoms with E-state index in [1.165, 1.54) is 6.26 Å². The average molecular weight is 324 g/mol. The Morgan fingerprint density at radius 3 is 2.21 bits per heavy atom. The maximum Gasteiger partial charge on any atom is 0.148 e. The average Bonchev–Trinajstić information content (AvgIpc) is 2.23. The van der Waals surface area contributed by atoms with E-state index in [0.717, 1.165) is 5.56 Å². The smallest absolute Gasteiger partial charge is 0.148 e. The van der Waals surface area contributed by atoms with Crippen LogP contribution in [0.15, 0.2) is 18.2 Å². The summed E-state index contributed by atoms with van der Waals surface area (Å²) in [6.07, 6.45) is 1.24. The molecule has 6 heteroatoms. The van der Waals surface area contributed by atoms with Crippen LogP contribution >= 0.6 is 23.2 Å². The van der Waals surface area contributed by atoms with Gasteiger partial charge in [0, 0.05) is 28.9 Å². The SMILES string of the molecule is C[C@@H](CS(C)(=O)=O)NC[C@H](C)c1c(Cl)cccc1Cl. The summed E-state index contributed by atoms with van der Waals surface area (Å²) in [6, 6.07) is 5.32. The van der Waals surface area contributed by atoms with Crippen LogP contribution in [0.4, 0.5) is 0 Å². The van der Waals surface area contributed by atoms with Crippen molar-refractivity contribution in [3.05, 3.63) is 33.8 Å².